The van der Waals surface area contributed by atoms with Gasteiger partial charge in [-0.05, 0) is 22.4 Å². The molecule has 13 heteroatoms. The van der Waals surface area contributed by atoms with E-state index in [4.69, 9.17) is 0 Å². The Morgan fingerprint density at radius 2 is 2.15 bits per heavy atom. The molecule has 1 fully saturated rings. The molecule has 1 aliphatic heterocycles. The molecule has 142 valence electrons. The largest absolute Gasteiger partial charge is 0.492 e. The maximum absolute atomic E-state index is 14.2. The lowest BCUT2D eigenvalue weighted by atomic mass is 10.1. The lowest BCUT2D eigenvalue weighted by Crippen LogP contribution is -2.49. The van der Waals surface area contributed by atoms with Gasteiger partial charge in [-0.15, -0.1) is 10.2 Å². The molecular formula is C13H11BrF5N5O2. The number of nitrogens with zero attached hydrogens (tertiary/aromatic N) is 4. The molecule has 2 atom stereocenters. The highest BCUT2D eigenvalue weighted by Gasteiger charge is 2.43. The second-order valence-electron chi connectivity index (χ2n) is 5.51. The Hall–Kier alpha value is -2.02. The Bertz CT molecular complexity index is 829. The van der Waals surface area contributed by atoms with Gasteiger partial charge in [0.2, 0.25) is 5.95 Å². The van der Waals surface area contributed by atoms with Crippen molar-refractivity contribution in [3.05, 3.63) is 22.7 Å². The van der Waals surface area contributed by atoms with Gasteiger partial charge in [-0.3, -0.25) is 0 Å². The van der Waals surface area contributed by atoms with Gasteiger partial charge in [0.25, 0.3) is 0 Å². The zero-order valence-electron chi connectivity index (χ0n) is 12.8. The van der Waals surface area contributed by atoms with Crippen LogP contribution in [0, 0.1) is 5.82 Å². The molecule has 0 aliphatic carbocycles. The first-order valence-corrected chi connectivity index (χ1v) is 8.09. The third-order valence-electron chi connectivity index (χ3n) is 3.69. The zero-order chi connectivity index (χ0) is 19.1. The molecule has 3 heterocycles. The number of rotatable bonds is 3. The summed E-state index contributed by atoms with van der Waals surface area (Å²) in [6.45, 7) is -0.645. The molecule has 0 radical (unpaired) electrons. The zero-order valence-corrected chi connectivity index (χ0v) is 14.4. The first-order valence-electron chi connectivity index (χ1n) is 7.29. The topological polar surface area (TPSA) is 71.8 Å². The Morgan fingerprint density at radius 1 is 1.42 bits per heavy atom. The summed E-state index contributed by atoms with van der Waals surface area (Å²) in [5, 5.41) is 7.36. The first-order chi connectivity index (χ1) is 12.1. The van der Waals surface area contributed by atoms with Gasteiger partial charge in [-0.25, -0.2) is 23.1 Å². The average molecular weight is 444 g/mol. The molecular weight excluding hydrogens is 433 g/mol. The predicted octanol–water partition coefficient (Wildman–Crippen LogP) is 2.48. The van der Waals surface area contributed by atoms with Crippen molar-refractivity contribution in [1.29, 1.82) is 0 Å². The second kappa shape index (κ2) is 6.95. The van der Waals surface area contributed by atoms with Gasteiger partial charge in [-0.2, -0.15) is 13.2 Å². The second-order valence-corrected chi connectivity index (χ2v) is 6.33. The third-order valence-corrected chi connectivity index (χ3v) is 4.25. The van der Waals surface area contributed by atoms with E-state index >= 15 is 0 Å². The Morgan fingerprint density at radius 3 is 2.81 bits per heavy atom. The van der Waals surface area contributed by atoms with Gasteiger partial charge in [0.1, 0.15) is 16.3 Å². The summed E-state index contributed by atoms with van der Waals surface area (Å²) >= 11 is 3.12. The van der Waals surface area contributed by atoms with Crippen LogP contribution in [0.5, 0.6) is 0 Å². The SMILES string of the molecule is O=C(ON1CC[C@@H](Nc2ncc3c(F)cc(Br)n3n2)[C@H](F)C1)C(F)(F)F. The van der Waals surface area contributed by atoms with Gasteiger partial charge in [-0.1, -0.05) is 0 Å². The summed E-state index contributed by atoms with van der Waals surface area (Å²) in [5.41, 5.74) is 0.119. The summed E-state index contributed by atoms with van der Waals surface area (Å²) in [6.07, 6.45) is -5.55. The van der Waals surface area contributed by atoms with Crippen LogP contribution in [0.3, 0.4) is 0 Å². The molecule has 7 nitrogen and oxygen atoms in total. The van der Waals surface area contributed by atoms with Crippen molar-refractivity contribution in [1.82, 2.24) is 19.7 Å². The molecule has 0 amide bonds. The van der Waals surface area contributed by atoms with Crippen molar-refractivity contribution >= 4 is 33.4 Å². The smallest absolute Gasteiger partial charge is 0.361 e. The minimum absolute atomic E-state index is 0.0159. The van der Waals surface area contributed by atoms with Crippen LogP contribution in [-0.4, -0.2) is 57.1 Å². The predicted molar refractivity (Wildman–Crippen MR) is 81.3 cm³/mol. The van der Waals surface area contributed by atoms with E-state index in [1.54, 1.807) is 0 Å². The van der Waals surface area contributed by atoms with Crippen molar-refractivity contribution in [2.45, 2.75) is 24.8 Å². The minimum atomic E-state index is -5.15. The van der Waals surface area contributed by atoms with E-state index in [2.05, 4.69) is 36.2 Å². The molecule has 1 N–H and O–H groups in total. The summed E-state index contributed by atoms with van der Waals surface area (Å²) < 4.78 is 65.8. The van der Waals surface area contributed by atoms with Crippen LogP contribution in [0.4, 0.5) is 27.9 Å². The molecule has 2 aromatic rings. The number of piperidine rings is 1. The number of carbonyl (C=O) groups excluding carboxylic acids is 1. The fourth-order valence-electron chi connectivity index (χ4n) is 2.44. The molecule has 3 rings (SSSR count). The lowest BCUT2D eigenvalue weighted by Gasteiger charge is -2.33. The van der Waals surface area contributed by atoms with E-state index < -0.39 is 36.7 Å². The maximum atomic E-state index is 14.2. The minimum Gasteiger partial charge on any atom is -0.361 e. The molecule has 0 spiro atoms. The Kier molecular flexibility index (Phi) is 5.01. The molecule has 2 aromatic heterocycles. The number of halogens is 6. The highest BCUT2D eigenvalue weighted by molar-refractivity contribution is 9.10. The van der Waals surface area contributed by atoms with E-state index in [9.17, 15) is 26.7 Å². The summed E-state index contributed by atoms with van der Waals surface area (Å²) in [5.74, 6) is -2.92. The molecule has 1 saturated heterocycles. The monoisotopic (exact) mass is 443 g/mol. The van der Waals surface area contributed by atoms with Gasteiger partial charge in [0.05, 0.1) is 18.8 Å². The van der Waals surface area contributed by atoms with Crippen LogP contribution in [0.2, 0.25) is 0 Å². The number of hydroxylamine groups is 2. The van der Waals surface area contributed by atoms with Gasteiger partial charge >= 0.3 is 12.1 Å². The van der Waals surface area contributed by atoms with Crippen LogP contribution in [0.15, 0.2) is 16.9 Å². The molecule has 26 heavy (non-hydrogen) atoms. The van der Waals surface area contributed by atoms with Crippen molar-refractivity contribution in [2.24, 2.45) is 0 Å². The maximum Gasteiger partial charge on any atom is 0.492 e. The number of nitrogens with one attached hydrogen (secondary N) is 1. The van der Waals surface area contributed by atoms with E-state index in [-0.39, 0.29) is 24.4 Å². The fraction of sp³-hybridized carbons (Fsp3) is 0.462. The normalized spacial score (nSPS) is 21.8. The standard InChI is InChI=1S/C13H11BrF5N5O2/c14-10-3-6(15)9-4-20-12(22-24(9)10)21-8-1-2-23(5-7(8)16)26-11(25)13(17,18)19/h3-4,7-8H,1-2,5H2,(H,21,22)/t7-,8-/m1/s1. The van der Waals surface area contributed by atoms with E-state index in [0.717, 1.165) is 0 Å². The van der Waals surface area contributed by atoms with E-state index in [1.807, 2.05) is 0 Å². The van der Waals surface area contributed by atoms with Crippen molar-refractivity contribution in [3.8, 4) is 0 Å². The third kappa shape index (κ3) is 3.87. The van der Waals surface area contributed by atoms with Gasteiger partial charge < -0.3 is 10.2 Å². The summed E-state index contributed by atoms with van der Waals surface area (Å²) in [7, 11) is 0. The summed E-state index contributed by atoms with van der Waals surface area (Å²) in [4.78, 5) is 18.8. The Balaban J connectivity index is 1.63. The number of alkyl halides is 4. The van der Waals surface area contributed by atoms with Crippen molar-refractivity contribution in [3.63, 3.8) is 0 Å². The summed E-state index contributed by atoms with van der Waals surface area (Å²) in [6, 6.07) is 0.381. The number of hydrogen-bond acceptors (Lipinski definition) is 6. The van der Waals surface area contributed by atoms with Crippen LogP contribution >= 0.6 is 15.9 Å². The lowest BCUT2D eigenvalue weighted by molar-refractivity contribution is -0.244. The highest BCUT2D eigenvalue weighted by atomic mass is 79.9. The number of aromatic nitrogens is 3. The first kappa shape index (κ1) is 18.8. The molecule has 0 bridgehead atoms. The van der Waals surface area contributed by atoms with Crippen LogP contribution < -0.4 is 5.32 Å². The van der Waals surface area contributed by atoms with Gasteiger partial charge in [0.15, 0.2) is 5.82 Å². The average Bonchev–Trinajstić information content (AvgIpc) is 2.83. The van der Waals surface area contributed by atoms with Crippen LogP contribution in [0.25, 0.3) is 5.52 Å². The van der Waals surface area contributed by atoms with E-state index in [1.165, 1.54) is 16.8 Å². The molecule has 0 unspecified atom stereocenters. The van der Waals surface area contributed by atoms with Crippen molar-refractivity contribution in [2.75, 3.05) is 18.4 Å². The van der Waals surface area contributed by atoms with Crippen LogP contribution in [-0.2, 0) is 9.63 Å². The van der Waals surface area contributed by atoms with E-state index in [0.29, 0.717) is 9.67 Å². The highest BCUT2D eigenvalue weighted by Crippen LogP contribution is 2.23. The van der Waals surface area contributed by atoms with Crippen molar-refractivity contribution < 1.29 is 31.6 Å². The van der Waals surface area contributed by atoms with Gasteiger partial charge in [0, 0.05) is 12.6 Å². The number of fused-ring (bicyclic) bond motifs is 1. The Labute approximate surface area is 151 Å². The molecule has 0 aromatic carbocycles. The number of anilines is 1. The quantitative estimate of drug-likeness (QED) is 0.734. The van der Waals surface area contributed by atoms with Crippen LogP contribution in [0.1, 0.15) is 6.42 Å². The molecule has 0 saturated carbocycles. The number of carbonyl (C=O) groups is 1. The molecule has 1 aliphatic rings. The fourth-order valence-corrected chi connectivity index (χ4v) is 2.91. The number of hydrogen-bond donors (Lipinski definition) is 1.